The number of aliphatic hydroxyl groups excluding tert-OH is 2. The third-order valence-corrected chi connectivity index (χ3v) is 4.57. The molecule has 0 aliphatic carbocycles. The van der Waals surface area contributed by atoms with Gasteiger partial charge in [0.05, 0.1) is 30.3 Å². The van der Waals surface area contributed by atoms with Crippen molar-refractivity contribution in [1.29, 1.82) is 0 Å². The number of aliphatic hydroxyl groups is 2. The Hall–Kier alpha value is -2.69. The molecule has 4 nitrogen and oxygen atoms in total. The summed E-state index contributed by atoms with van der Waals surface area (Å²) in [6.07, 6.45) is -0.127. The Kier molecular flexibility index (Phi) is 4.22. The van der Waals surface area contributed by atoms with Crippen LogP contribution in [-0.4, -0.2) is 32.5 Å². The number of rotatable bonds is 5. The normalized spacial score (nSPS) is 12.7. The van der Waals surface area contributed by atoms with E-state index in [-0.39, 0.29) is 6.61 Å². The van der Waals surface area contributed by atoms with Gasteiger partial charge in [0.15, 0.2) is 0 Å². The second kappa shape index (κ2) is 6.67. The van der Waals surface area contributed by atoms with Crippen LogP contribution in [0, 0.1) is 0 Å². The van der Waals surface area contributed by atoms with Crippen molar-refractivity contribution in [3.8, 4) is 0 Å². The first kappa shape index (κ1) is 15.8. The van der Waals surface area contributed by atoms with E-state index in [4.69, 9.17) is 4.98 Å². The largest absolute Gasteiger partial charge is 0.394 e. The molecule has 4 rings (SSSR count). The summed E-state index contributed by atoms with van der Waals surface area (Å²) >= 11 is 0. The van der Waals surface area contributed by atoms with Gasteiger partial charge in [-0.05, 0) is 28.5 Å². The second-order valence-electron chi connectivity index (χ2n) is 6.28. The smallest absolute Gasteiger partial charge is 0.114 e. The van der Waals surface area contributed by atoms with E-state index < -0.39 is 6.10 Å². The number of fused-ring (bicyclic) bond motifs is 2. The number of hydrogen-bond donors (Lipinski definition) is 2. The first-order valence-corrected chi connectivity index (χ1v) is 8.46. The average molecular weight is 332 g/mol. The molecular formula is C21H20N2O2. The molecular weight excluding hydrogens is 312 g/mol. The lowest BCUT2D eigenvalue weighted by Crippen LogP contribution is -2.21. The summed E-state index contributed by atoms with van der Waals surface area (Å²) in [6.45, 7) is 0.0668. The molecule has 0 saturated carbocycles. The van der Waals surface area contributed by atoms with Crippen LogP contribution in [0.25, 0.3) is 21.8 Å². The van der Waals surface area contributed by atoms with Crippen LogP contribution in [-0.2, 0) is 13.0 Å². The second-order valence-corrected chi connectivity index (χ2v) is 6.28. The predicted molar refractivity (Wildman–Crippen MR) is 99.6 cm³/mol. The Bertz CT molecular complexity index is 1020. The fourth-order valence-electron chi connectivity index (χ4n) is 3.35. The van der Waals surface area contributed by atoms with Crippen LogP contribution in [0.2, 0.25) is 0 Å². The van der Waals surface area contributed by atoms with Gasteiger partial charge in [-0.1, -0.05) is 54.6 Å². The molecule has 0 spiro atoms. The fraction of sp³-hybridized carbons (Fsp3) is 0.190. The lowest BCUT2D eigenvalue weighted by Gasteiger charge is -2.13. The Morgan fingerprint density at radius 3 is 2.56 bits per heavy atom. The van der Waals surface area contributed by atoms with E-state index in [1.54, 1.807) is 0 Å². The summed E-state index contributed by atoms with van der Waals surface area (Å²) in [6, 6.07) is 22.5. The Balaban J connectivity index is 1.81. The third-order valence-electron chi connectivity index (χ3n) is 4.57. The molecule has 0 aliphatic rings. The Morgan fingerprint density at radius 2 is 1.68 bits per heavy atom. The minimum Gasteiger partial charge on any atom is -0.394 e. The minimum absolute atomic E-state index is 0.264. The monoisotopic (exact) mass is 332 g/mol. The topological polar surface area (TPSA) is 58.3 Å². The average Bonchev–Trinajstić information content (AvgIpc) is 2.99. The lowest BCUT2D eigenvalue weighted by atomic mass is 10.0. The Labute approximate surface area is 146 Å². The van der Waals surface area contributed by atoms with Gasteiger partial charge in [-0.25, -0.2) is 4.98 Å². The summed E-state index contributed by atoms with van der Waals surface area (Å²) in [5.74, 6) is 0.894. The minimum atomic E-state index is -0.802. The molecule has 1 atom stereocenters. The zero-order valence-corrected chi connectivity index (χ0v) is 13.8. The van der Waals surface area contributed by atoms with Crippen LogP contribution in [0.4, 0.5) is 0 Å². The van der Waals surface area contributed by atoms with E-state index in [2.05, 4.69) is 30.3 Å². The van der Waals surface area contributed by atoms with E-state index in [1.165, 1.54) is 16.3 Å². The van der Waals surface area contributed by atoms with Crippen molar-refractivity contribution in [1.82, 2.24) is 9.55 Å². The van der Waals surface area contributed by atoms with Crippen molar-refractivity contribution >= 4 is 21.8 Å². The molecule has 126 valence electrons. The quantitative estimate of drug-likeness (QED) is 0.590. The summed E-state index contributed by atoms with van der Waals surface area (Å²) < 4.78 is 2.01. The zero-order valence-electron chi connectivity index (χ0n) is 13.8. The van der Waals surface area contributed by atoms with Crippen molar-refractivity contribution < 1.29 is 10.2 Å². The van der Waals surface area contributed by atoms with Gasteiger partial charge in [0.1, 0.15) is 5.82 Å². The van der Waals surface area contributed by atoms with Gasteiger partial charge in [-0.15, -0.1) is 0 Å². The summed E-state index contributed by atoms with van der Waals surface area (Å²) in [7, 11) is 0. The van der Waals surface area contributed by atoms with Crippen molar-refractivity contribution in [2.45, 2.75) is 19.1 Å². The maximum Gasteiger partial charge on any atom is 0.114 e. The highest BCUT2D eigenvalue weighted by molar-refractivity contribution is 5.86. The van der Waals surface area contributed by atoms with E-state index in [9.17, 15) is 10.2 Å². The highest BCUT2D eigenvalue weighted by Gasteiger charge is 2.15. The SMILES string of the molecule is OC[C@@H](O)Cn1c(Cc2cccc3ccccc23)nc2ccccc21. The molecule has 0 bridgehead atoms. The number of para-hydroxylation sites is 2. The molecule has 25 heavy (non-hydrogen) atoms. The number of hydrogen-bond acceptors (Lipinski definition) is 3. The summed E-state index contributed by atoms with van der Waals surface area (Å²) in [5.41, 5.74) is 3.08. The summed E-state index contributed by atoms with van der Waals surface area (Å²) in [5, 5.41) is 21.6. The van der Waals surface area contributed by atoms with Crippen LogP contribution in [0.3, 0.4) is 0 Å². The van der Waals surface area contributed by atoms with Crippen molar-refractivity contribution in [2.24, 2.45) is 0 Å². The number of benzene rings is 3. The standard InChI is InChI=1S/C21H20N2O2/c24-14-17(25)13-23-20-11-4-3-10-19(20)22-21(23)12-16-8-5-7-15-6-1-2-9-18(15)16/h1-11,17,24-25H,12-14H2/t17-/m0/s1. The van der Waals surface area contributed by atoms with Gasteiger partial charge in [-0.3, -0.25) is 0 Å². The van der Waals surface area contributed by atoms with E-state index in [0.29, 0.717) is 13.0 Å². The van der Waals surface area contributed by atoms with Crippen molar-refractivity contribution in [3.05, 3.63) is 78.1 Å². The molecule has 0 saturated heterocycles. The first-order valence-electron chi connectivity index (χ1n) is 8.46. The number of imidazole rings is 1. The molecule has 0 fully saturated rings. The van der Waals surface area contributed by atoms with E-state index >= 15 is 0 Å². The fourth-order valence-corrected chi connectivity index (χ4v) is 3.35. The molecule has 0 unspecified atom stereocenters. The van der Waals surface area contributed by atoms with Gasteiger partial charge in [0.25, 0.3) is 0 Å². The zero-order chi connectivity index (χ0) is 17.2. The molecule has 0 aliphatic heterocycles. The molecule has 0 radical (unpaired) electrons. The Morgan fingerprint density at radius 1 is 0.920 bits per heavy atom. The number of aromatic nitrogens is 2. The highest BCUT2D eigenvalue weighted by Crippen LogP contribution is 2.24. The lowest BCUT2D eigenvalue weighted by molar-refractivity contribution is 0.0815. The van der Waals surface area contributed by atoms with Gasteiger partial charge < -0.3 is 14.8 Å². The van der Waals surface area contributed by atoms with Crippen LogP contribution in [0.1, 0.15) is 11.4 Å². The molecule has 2 N–H and O–H groups in total. The molecule has 4 aromatic rings. The van der Waals surface area contributed by atoms with E-state index in [0.717, 1.165) is 16.9 Å². The molecule has 1 aromatic heterocycles. The van der Waals surface area contributed by atoms with E-state index in [1.807, 2.05) is 41.0 Å². The van der Waals surface area contributed by atoms with Gasteiger partial charge in [-0.2, -0.15) is 0 Å². The predicted octanol–water partition coefficient (Wildman–Crippen LogP) is 3.13. The molecule has 0 amide bonds. The highest BCUT2D eigenvalue weighted by atomic mass is 16.3. The number of nitrogens with zero attached hydrogens (tertiary/aromatic N) is 2. The first-order chi connectivity index (χ1) is 12.3. The van der Waals surface area contributed by atoms with Crippen LogP contribution in [0.15, 0.2) is 66.7 Å². The van der Waals surface area contributed by atoms with Crippen molar-refractivity contribution in [3.63, 3.8) is 0 Å². The van der Waals surface area contributed by atoms with Crippen molar-refractivity contribution in [2.75, 3.05) is 6.61 Å². The maximum atomic E-state index is 9.95. The van der Waals surface area contributed by atoms with Gasteiger partial charge >= 0.3 is 0 Å². The van der Waals surface area contributed by atoms with Gasteiger partial charge in [0, 0.05) is 6.42 Å². The van der Waals surface area contributed by atoms with Crippen LogP contribution >= 0.6 is 0 Å². The third kappa shape index (κ3) is 3.02. The molecule has 4 heteroatoms. The molecule has 3 aromatic carbocycles. The van der Waals surface area contributed by atoms with Crippen LogP contribution < -0.4 is 0 Å². The van der Waals surface area contributed by atoms with Gasteiger partial charge in [0.2, 0.25) is 0 Å². The van der Waals surface area contributed by atoms with Crippen LogP contribution in [0.5, 0.6) is 0 Å². The summed E-state index contributed by atoms with van der Waals surface area (Å²) in [4.78, 5) is 4.77. The molecule has 1 heterocycles. The maximum absolute atomic E-state index is 9.95.